The first-order chi connectivity index (χ1) is 66.0. The molecule has 10 nitrogen and oxygen atoms in total. The molecule has 0 saturated carbocycles. The van der Waals surface area contributed by atoms with Crippen LogP contribution in [-0.2, 0) is 21.7 Å². The SMILES string of the molecule is CC(C)(C)c1ccc2c(c1)c1cc(C(C)(C)C)ccc1n2-c1cc(-n2c3ccccc3c3c2ccc2c4ccc5c(c6ccccc6n5-c5ccccc5)c4n(-c4ccccc4)c23)ccc1C#N.CC(C)(C)c1ccc2c(c1)c1cc(C(C)(C)C)ccc1n2-c1ccc(-n2c3ccccc3c3c2ccc2c4ccc5c(c6ccccc6n5-c5ccccc5)c4n(-c4ccccc4)c23)cc1C#N. The molecule has 0 atom stereocenters. The number of nitrogens with zero attached hydrogens (tertiary/aromatic N) is 10. The van der Waals surface area contributed by atoms with E-state index in [2.05, 4.69) is 502 Å². The van der Waals surface area contributed by atoms with Gasteiger partial charge in [0.15, 0.2) is 0 Å². The fraction of sp³-hybridized carbons (Fsp3) is 0.127. The zero-order valence-corrected chi connectivity index (χ0v) is 78.3. The first kappa shape index (κ1) is 81.3. The van der Waals surface area contributed by atoms with E-state index in [1.165, 1.54) is 142 Å². The van der Waals surface area contributed by atoms with Gasteiger partial charge in [-0.05, 0) is 226 Å². The van der Waals surface area contributed by atoms with Crippen LogP contribution >= 0.6 is 0 Å². The monoisotopic (exact) mass is 1750 g/mol. The van der Waals surface area contributed by atoms with E-state index in [4.69, 9.17) is 0 Å². The van der Waals surface area contributed by atoms with Gasteiger partial charge in [-0.3, -0.25) is 0 Å². The predicted molar refractivity (Wildman–Crippen MR) is 572 cm³/mol. The van der Waals surface area contributed by atoms with Crippen molar-refractivity contribution in [3.8, 4) is 57.6 Å². The highest BCUT2D eigenvalue weighted by atomic mass is 15.1. The second-order valence-corrected chi connectivity index (χ2v) is 41.1. The summed E-state index contributed by atoms with van der Waals surface area (Å²) in [7, 11) is 0. The molecule has 18 aromatic carbocycles. The number of rotatable bonds is 8. The van der Waals surface area contributed by atoms with Crippen LogP contribution in [0.4, 0.5) is 0 Å². The Bertz CT molecular complexity index is 9500. The molecule has 0 aliphatic carbocycles. The Balaban J connectivity index is 0.000000145. The second kappa shape index (κ2) is 29.9. The Kier molecular flexibility index (Phi) is 17.9. The molecule has 8 heterocycles. The van der Waals surface area contributed by atoms with Crippen molar-refractivity contribution in [2.75, 3.05) is 0 Å². The van der Waals surface area contributed by atoms with Crippen molar-refractivity contribution >= 4 is 174 Å². The highest BCUT2D eigenvalue weighted by molar-refractivity contribution is 6.34. The first-order valence-electron chi connectivity index (χ1n) is 47.3. The van der Waals surface area contributed by atoms with E-state index in [0.29, 0.717) is 11.1 Å². The topological polar surface area (TPSA) is 87.0 Å². The molecule has 0 amide bonds. The Morgan fingerprint density at radius 1 is 0.169 bits per heavy atom. The van der Waals surface area contributed by atoms with Gasteiger partial charge in [-0.1, -0.05) is 277 Å². The quantitative estimate of drug-likeness (QED) is 0.152. The van der Waals surface area contributed by atoms with Gasteiger partial charge in [-0.2, -0.15) is 10.5 Å². The van der Waals surface area contributed by atoms with Crippen LogP contribution in [0.3, 0.4) is 0 Å². The molecule has 0 saturated heterocycles. The lowest BCUT2D eigenvalue weighted by Gasteiger charge is -2.19. The molecule has 0 fully saturated rings. The fourth-order valence-electron chi connectivity index (χ4n) is 22.4. The summed E-state index contributed by atoms with van der Waals surface area (Å²) in [6.07, 6.45) is 0. The number of benzene rings is 18. The van der Waals surface area contributed by atoms with Gasteiger partial charge in [-0.15, -0.1) is 0 Å². The Morgan fingerprint density at radius 2 is 0.412 bits per heavy atom. The summed E-state index contributed by atoms with van der Waals surface area (Å²) in [5.74, 6) is 0. The summed E-state index contributed by atoms with van der Waals surface area (Å²) in [4.78, 5) is 0. The number of para-hydroxylation sites is 8. The fourth-order valence-corrected chi connectivity index (χ4v) is 22.4. The molecule has 0 radical (unpaired) electrons. The summed E-state index contributed by atoms with van der Waals surface area (Å²) in [6, 6.07) is 142. The molecular weight excluding hydrogens is 1650 g/mol. The van der Waals surface area contributed by atoms with E-state index in [1.807, 2.05) is 6.07 Å². The van der Waals surface area contributed by atoms with Crippen LogP contribution in [0.15, 0.2) is 376 Å². The highest BCUT2D eigenvalue weighted by Crippen LogP contribution is 2.52. The maximum absolute atomic E-state index is 11.2. The molecule has 8 aromatic heterocycles. The number of nitriles is 2. The third-order valence-electron chi connectivity index (χ3n) is 29.0. The van der Waals surface area contributed by atoms with Crippen LogP contribution in [0.5, 0.6) is 0 Å². The van der Waals surface area contributed by atoms with Gasteiger partial charge in [0.25, 0.3) is 0 Å². The molecular formula is C126H98N10. The molecule has 0 N–H and O–H groups in total. The summed E-state index contributed by atoms with van der Waals surface area (Å²) < 4.78 is 19.2. The van der Waals surface area contributed by atoms with Gasteiger partial charge in [0, 0.05) is 120 Å². The Morgan fingerprint density at radius 3 is 0.706 bits per heavy atom. The first-order valence-corrected chi connectivity index (χ1v) is 47.3. The second-order valence-electron chi connectivity index (χ2n) is 41.1. The maximum Gasteiger partial charge on any atom is 0.101 e. The molecule has 136 heavy (non-hydrogen) atoms. The molecule has 0 unspecified atom stereocenters. The number of hydrogen-bond acceptors (Lipinski definition) is 2. The minimum atomic E-state index is -0.0246. The van der Waals surface area contributed by atoms with Gasteiger partial charge >= 0.3 is 0 Å². The maximum atomic E-state index is 11.2. The van der Waals surface area contributed by atoms with Crippen molar-refractivity contribution < 1.29 is 0 Å². The lowest BCUT2D eigenvalue weighted by atomic mass is 9.85. The molecule has 26 aromatic rings. The van der Waals surface area contributed by atoms with Crippen LogP contribution < -0.4 is 0 Å². The molecule has 652 valence electrons. The summed E-state index contributed by atoms with van der Waals surface area (Å²) in [5.41, 5.74) is 32.6. The number of hydrogen-bond donors (Lipinski definition) is 0. The summed E-state index contributed by atoms with van der Waals surface area (Å²) >= 11 is 0. The van der Waals surface area contributed by atoms with E-state index >= 15 is 0 Å². The standard InChI is InChI=1S/2C63H49N5/c1-62(2,3)40-25-30-54-49(36-40)50-37-41(63(4,5)6)26-31-55(50)68(54)51-32-27-44(35-39(51)38-64)66-53-24-16-14-22-48(53)59-57(66)34-29-46-45-28-33-56-58(60(45)67(61(46)59)43-19-11-8-12-20-43)47-21-13-15-23-52(47)65(56)42-17-9-7-10-18-42;1-62(2,3)40-26-31-53-49(35-40)50-36-41(63(4,5)6)27-32-54(50)68(53)57-37-44(28-25-39(57)38-64)66-52-24-16-14-22-48(52)59-56(66)34-30-46-45-29-33-55-58(60(45)67(61(46)59)43-19-11-8-12-20-43)47-21-13-15-23-51(47)65(55)42-17-9-7-10-18-42/h2*7-37H,1-6H3. The third-order valence-corrected chi connectivity index (χ3v) is 29.0. The molecule has 10 heteroatoms. The average Bonchev–Trinajstić information content (AvgIpc) is 1.52. The van der Waals surface area contributed by atoms with Crippen LogP contribution in [0.25, 0.3) is 220 Å². The molecule has 0 aliphatic heterocycles. The minimum Gasteiger partial charge on any atom is -0.309 e. The minimum absolute atomic E-state index is 0.0118. The van der Waals surface area contributed by atoms with Gasteiger partial charge in [-0.25, -0.2) is 0 Å². The van der Waals surface area contributed by atoms with E-state index < -0.39 is 0 Å². The number of fused-ring (bicyclic) bond motifs is 28. The lowest BCUT2D eigenvalue weighted by molar-refractivity contribution is 0.590. The summed E-state index contributed by atoms with van der Waals surface area (Å²) in [6.45, 7) is 27.3. The van der Waals surface area contributed by atoms with Crippen LogP contribution in [0.1, 0.15) is 116 Å². The lowest BCUT2D eigenvalue weighted by Crippen LogP contribution is -2.10. The van der Waals surface area contributed by atoms with E-state index in [0.717, 1.165) is 101 Å². The molecule has 0 bridgehead atoms. The van der Waals surface area contributed by atoms with E-state index in [-0.39, 0.29) is 21.7 Å². The van der Waals surface area contributed by atoms with Crippen LogP contribution in [0, 0.1) is 22.7 Å². The smallest absolute Gasteiger partial charge is 0.101 e. The van der Waals surface area contributed by atoms with Gasteiger partial charge in [0.2, 0.25) is 0 Å². The molecule has 0 aliphatic rings. The van der Waals surface area contributed by atoms with Crippen molar-refractivity contribution in [1.82, 2.24) is 36.5 Å². The number of aromatic nitrogens is 8. The van der Waals surface area contributed by atoms with Crippen molar-refractivity contribution in [3.63, 3.8) is 0 Å². The average molecular weight is 1750 g/mol. The highest BCUT2D eigenvalue weighted by Gasteiger charge is 2.32. The Hall–Kier alpha value is -16.7. The van der Waals surface area contributed by atoms with Crippen molar-refractivity contribution in [2.45, 2.75) is 105 Å². The molecule has 26 rings (SSSR count). The predicted octanol–water partition coefficient (Wildman–Crippen LogP) is 33.1. The van der Waals surface area contributed by atoms with Gasteiger partial charge in [0.05, 0.1) is 111 Å². The van der Waals surface area contributed by atoms with Crippen molar-refractivity contribution in [2.24, 2.45) is 0 Å². The Labute approximate surface area is 788 Å². The molecule has 0 spiro atoms. The van der Waals surface area contributed by atoms with Crippen molar-refractivity contribution in [3.05, 3.63) is 409 Å². The van der Waals surface area contributed by atoms with E-state index in [1.54, 1.807) is 0 Å². The van der Waals surface area contributed by atoms with Crippen LogP contribution in [-0.4, -0.2) is 36.5 Å². The van der Waals surface area contributed by atoms with Gasteiger partial charge in [0.1, 0.15) is 12.1 Å². The van der Waals surface area contributed by atoms with Crippen LogP contribution in [0.2, 0.25) is 0 Å². The van der Waals surface area contributed by atoms with Gasteiger partial charge < -0.3 is 36.5 Å². The van der Waals surface area contributed by atoms with E-state index in [9.17, 15) is 10.5 Å². The zero-order valence-electron chi connectivity index (χ0n) is 78.3. The van der Waals surface area contributed by atoms with Crippen molar-refractivity contribution in [1.29, 1.82) is 10.5 Å². The normalized spacial score (nSPS) is 12.5. The zero-order chi connectivity index (χ0) is 92.4. The third kappa shape index (κ3) is 12.2. The summed E-state index contributed by atoms with van der Waals surface area (Å²) in [5, 5.41) is 41.2. The largest absolute Gasteiger partial charge is 0.309 e.